The number of rotatable bonds is 4. The summed E-state index contributed by atoms with van der Waals surface area (Å²) in [4.78, 5) is 16.2. The summed E-state index contributed by atoms with van der Waals surface area (Å²) in [5, 5.41) is 4.37. The van der Waals surface area contributed by atoms with Crippen molar-refractivity contribution in [3.63, 3.8) is 0 Å². The van der Waals surface area contributed by atoms with Crippen molar-refractivity contribution in [2.24, 2.45) is 0 Å². The van der Waals surface area contributed by atoms with Gasteiger partial charge in [0.1, 0.15) is 0 Å². The van der Waals surface area contributed by atoms with E-state index in [1.54, 1.807) is 18.3 Å². The van der Waals surface area contributed by atoms with Crippen molar-refractivity contribution in [2.75, 3.05) is 5.32 Å². The summed E-state index contributed by atoms with van der Waals surface area (Å²) in [5.74, 6) is -0.307. The molecule has 0 aliphatic heterocycles. The number of hydrogen-bond acceptors (Lipinski definition) is 4. The molecule has 0 radical (unpaired) electrons. The first kappa shape index (κ1) is 15.0. The topological polar surface area (TPSA) is 51.2 Å². The van der Waals surface area contributed by atoms with Crippen molar-refractivity contribution in [3.05, 3.63) is 66.4 Å². The second kappa shape index (κ2) is 6.48. The number of esters is 1. The van der Waals surface area contributed by atoms with Gasteiger partial charge >= 0.3 is 5.97 Å². The molecule has 2 aromatic carbocycles. The Morgan fingerprint density at radius 1 is 1.04 bits per heavy atom. The van der Waals surface area contributed by atoms with Gasteiger partial charge in [0.25, 0.3) is 0 Å². The molecule has 1 N–H and O–H groups in total. The molecule has 0 saturated heterocycles. The molecule has 4 nitrogen and oxygen atoms in total. The number of pyridine rings is 1. The molecule has 116 valence electrons. The minimum atomic E-state index is -0.307. The Kier molecular flexibility index (Phi) is 4.24. The van der Waals surface area contributed by atoms with E-state index in [0.717, 1.165) is 22.3 Å². The monoisotopic (exact) mass is 306 g/mol. The van der Waals surface area contributed by atoms with E-state index < -0.39 is 0 Å². The van der Waals surface area contributed by atoms with Crippen molar-refractivity contribution in [2.45, 2.75) is 20.0 Å². The number of nitrogens with zero attached hydrogens (tertiary/aromatic N) is 1. The predicted octanol–water partition coefficient (Wildman–Crippen LogP) is 4.54. The number of benzene rings is 2. The average molecular weight is 306 g/mol. The summed E-state index contributed by atoms with van der Waals surface area (Å²) >= 11 is 0. The number of aromatic nitrogens is 1. The highest BCUT2D eigenvalue weighted by Gasteiger charge is 2.08. The number of para-hydroxylation sites is 1. The molecule has 0 atom stereocenters. The molecular formula is C19H18N2O2. The van der Waals surface area contributed by atoms with Crippen molar-refractivity contribution in [1.29, 1.82) is 0 Å². The van der Waals surface area contributed by atoms with Crippen molar-refractivity contribution < 1.29 is 9.53 Å². The van der Waals surface area contributed by atoms with Crippen LogP contribution in [0, 0.1) is 0 Å². The Bertz CT molecular complexity index is 826. The second-order valence-corrected chi connectivity index (χ2v) is 5.57. The third-order valence-electron chi connectivity index (χ3n) is 3.34. The van der Waals surface area contributed by atoms with Crippen molar-refractivity contribution in [3.8, 4) is 0 Å². The second-order valence-electron chi connectivity index (χ2n) is 5.57. The first-order valence-electron chi connectivity index (χ1n) is 7.55. The van der Waals surface area contributed by atoms with Crippen LogP contribution in [-0.4, -0.2) is 17.1 Å². The maximum absolute atomic E-state index is 11.8. The van der Waals surface area contributed by atoms with Gasteiger partial charge in [0.2, 0.25) is 0 Å². The van der Waals surface area contributed by atoms with Crippen LogP contribution >= 0.6 is 0 Å². The Hall–Kier alpha value is -2.88. The predicted molar refractivity (Wildman–Crippen MR) is 92.0 cm³/mol. The van der Waals surface area contributed by atoms with Crippen LogP contribution in [0.15, 0.2) is 60.8 Å². The largest absolute Gasteiger partial charge is 0.459 e. The number of ether oxygens (including phenoxy) is 1. The number of fused-ring (bicyclic) bond motifs is 1. The molecule has 4 heteroatoms. The van der Waals surface area contributed by atoms with E-state index in [-0.39, 0.29) is 12.1 Å². The molecule has 0 fully saturated rings. The zero-order valence-electron chi connectivity index (χ0n) is 13.1. The molecule has 0 unspecified atom stereocenters. The average Bonchev–Trinajstić information content (AvgIpc) is 2.55. The fourth-order valence-corrected chi connectivity index (χ4v) is 2.28. The Morgan fingerprint density at radius 3 is 2.52 bits per heavy atom. The summed E-state index contributed by atoms with van der Waals surface area (Å²) in [6.07, 6.45) is 1.67. The van der Waals surface area contributed by atoms with E-state index in [0.29, 0.717) is 5.56 Å². The molecule has 3 aromatic rings. The van der Waals surface area contributed by atoms with Gasteiger partial charge in [0.05, 0.1) is 29.1 Å². The van der Waals surface area contributed by atoms with Crippen LogP contribution in [0.25, 0.3) is 10.9 Å². The maximum Gasteiger partial charge on any atom is 0.338 e. The van der Waals surface area contributed by atoms with Gasteiger partial charge in [0.15, 0.2) is 0 Å². The maximum atomic E-state index is 11.8. The van der Waals surface area contributed by atoms with Crippen molar-refractivity contribution in [1.82, 2.24) is 4.98 Å². The number of nitrogens with one attached hydrogen (secondary N) is 1. The minimum absolute atomic E-state index is 0.121. The molecular weight excluding hydrogens is 288 g/mol. The van der Waals surface area contributed by atoms with Crippen LogP contribution in [0.1, 0.15) is 24.2 Å². The molecule has 1 heterocycles. The SMILES string of the molecule is CC(C)OC(=O)c1ccc(Nc2cnc3ccccc3c2)cc1. The summed E-state index contributed by atoms with van der Waals surface area (Å²) in [5.41, 5.74) is 3.30. The van der Waals surface area contributed by atoms with E-state index in [2.05, 4.69) is 10.3 Å². The molecule has 0 spiro atoms. The zero-order chi connectivity index (χ0) is 16.2. The Labute approximate surface area is 135 Å². The quantitative estimate of drug-likeness (QED) is 0.719. The Balaban J connectivity index is 1.75. The van der Waals surface area contributed by atoms with Gasteiger partial charge in [-0.2, -0.15) is 0 Å². The number of anilines is 2. The number of carbonyl (C=O) groups is 1. The first-order chi connectivity index (χ1) is 11.1. The fourth-order valence-electron chi connectivity index (χ4n) is 2.28. The first-order valence-corrected chi connectivity index (χ1v) is 7.55. The normalized spacial score (nSPS) is 10.7. The van der Waals surface area contributed by atoms with Gasteiger partial charge in [-0.15, -0.1) is 0 Å². The standard InChI is InChI=1S/C19H18N2O2/c1-13(2)23-19(22)14-7-9-16(10-8-14)21-17-11-15-5-3-4-6-18(15)20-12-17/h3-13,21H,1-2H3. The lowest BCUT2D eigenvalue weighted by molar-refractivity contribution is 0.0378. The molecule has 0 aliphatic carbocycles. The number of hydrogen-bond donors (Lipinski definition) is 1. The molecule has 0 amide bonds. The summed E-state index contributed by atoms with van der Waals surface area (Å²) in [7, 11) is 0. The van der Waals surface area contributed by atoms with Crippen LogP contribution in [0.3, 0.4) is 0 Å². The van der Waals surface area contributed by atoms with E-state index in [1.807, 2.05) is 56.3 Å². The fraction of sp³-hybridized carbons (Fsp3) is 0.158. The van der Waals surface area contributed by atoms with Gasteiger partial charge in [-0.1, -0.05) is 18.2 Å². The molecule has 23 heavy (non-hydrogen) atoms. The summed E-state index contributed by atoms with van der Waals surface area (Å²) in [6.45, 7) is 3.67. The molecule has 0 bridgehead atoms. The van der Waals surface area contributed by atoms with E-state index in [9.17, 15) is 4.79 Å². The van der Waals surface area contributed by atoms with E-state index >= 15 is 0 Å². The lowest BCUT2D eigenvalue weighted by Gasteiger charge is -2.10. The van der Waals surface area contributed by atoms with Crippen LogP contribution in [-0.2, 0) is 4.74 Å². The van der Waals surface area contributed by atoms with Crippen LogP contribution < -0.4 is 5.32 Å². The lowest BCUT2D eigenvalue weighted by atomic mass is 10.2. The third-order valence-corrected chi connectivity index (χ3v) is 3.34. The number of carbonyl (C=O) groups excluding carboxylic acids is 1. The summed E-state index contributed by atoms with van der Waals surface area (Å²) < 4.78 is 5.17. The molecule has 0 saturated carbocycles. The van der Waals surface area contributed by atoms with Gasteiger partial charge in [-0.25, -0.2) is 4.79 Å². The van der Waals surface area contributed by atoms with E-state index in [4.69, 9.17) is 4.74 Å². The third kappa shape index (κ3) is 3.66. The highest BCUT2D eigenvalue weighted by Crippen LogP contribution is 2.21. The summed E-state index contributed by atoms with van der Waals surface area (Å²) in [6, 6.07) is 17.2. The van der Waals surface area contributed by atoms with Gasteiger partial charge in [-0.3, -0.25) is 4.98 Å². The van der Waals surface area contributed by atoms with Crippen molar-refractivity contribution >= 4 is 28.2 Å². The van der Waals surface area contributed by atoms with Gasteiger partial charge < -0.3 is 10.1 Å². The highest BCUT2D eigenvalue weighted by molar-refractivity contribution is 5.90. The minimum Gasteiger partial charge on any atom is -0.459 e. The molecule has 3 rings (SSSR count). The van der Waals surface area contributed by atoms with Crippen LogP contribution in [0.5, 0.6) is 0 Å². The van der Waals surface area contributed by atoms with Gasteiger partial charge in [0, 0.05) is 11.1 Å². The lowest BCUT2D eigenvalue weighted by Crippen LogP contribution is -2.11. The van der Waals surface area contributed by atoms with Crippen LogP contribution in [0.2, 0.25) is 0 Å². The smallest absolute Gasteiger partial charge is 0.338 e. The Morgan fingerprint density at radius 2 is 1.78 bits per heavy atom. The van der Waals surface area contributed by atoms with Crippen LogP contribution in [0.4, 0.5) is 11.4 Å². The van der Waals surface area contributed by atoms with E-state index in [1.165, 1.54) is 0 Å². The molecule has 0 aliphatic rings. The zero-order valence-corrected chi connectivity index (χ0v) is 13.1. The molecule has 1 aromatic heterocycles. The van der Waals surface area contributed by atoms with Gasteiger partial charge in [-0.05, 0) is 50.2 Å². The highest BCUT2D eigenvalue weighted by atomic mass is 16.5.